The summed E-state index contributed by atoms with van der Waals surface area (Å²) < 4.78 is 7.35. The normalized spacial score (nSPS) is 18.3. The van der Waals surface area contributed by atoms with Gasteiger partial charge in [-0.25, -0.2) is 4.79 Å². The molecule has 0 saturated heterocycles. The lowest BCUT2D eigenvalue weighted by Gasteiger charge is -2.33. The van der Waals surface area contributed by atoms with E-state index in [0.717, 1.165) is 5.69 Å². The van der Waals surface area contributed by atoms with Gasteiger partial charge in [0.2, 0.25) is 0 Å². The lowest BCUT2D eigenvalue weighted by molar-refractivity contribution is 0.106. The molecule has 6 heteroatoms. The summed E-state index contributed by atoms with van der Waals surface area (Å²) in [7, 11) is 5.45. The number of carbonyl (C=O) groups excluding carboxylic acids is 1. The van der Waals surface area contributed by atoms with Gasteiger partial charge in [-0.3, -0.25) is 4.68 Å². The fourth-order valence-corrected chi connectivity index (χ4v) is 2.46. The minimum absolute atomic E-state index is 0.0257. The molecule has 0 radical (unpaired) electrons. The second kappa shape index (κ2) is 5.61. The molecule has 0 bridgehead atoms. The van der Waals surface area contributed by atoms with Crippen molar-refractivity contribution in [3.05, 3.63) is 17.5 Å². The van der Waals surface area contributed by atoms with Crippen molar-refractivity contribution in [3.63, 3.8) is 0 Å². The summed E-state index contributed by atoms with van der Waals surface area (Å²) in [5, 5.41) is 4.45. The van der Waals surface area contributed by atoms with E-state index in [1.807, 2.05) is 29.7 Å². The summed E-state index contributed by atoms with van der Waals surface area (Å²) in [5.74, 6) is 0.210. The number of amides is 2. The number of urea groups is 1. The molecule has 0 aliphatic carbocycles. The zero-order valence-electron chi connectivity index (χ0n) is 12.1. The Morgan fingerprint density at radius 3 is 2.95 bits per heavy atom. The molecule has 0 fully saturated rings. The van der Waals surface area contributed by atoms with Crippen LogP contribution in [0, 0.1) is 0 Å². The molecule has 0 saturated carbocycles. The molecule has 1 aromatic rings. The number of aryl methyl sites for hydroxylation is 1. The van der Waals surface area contributed by atoms with Crippen molar-refractivity contribution in [2.24, 2.45) is 7.05 Å². The molecule has 2 heterocycles. The minimum atomic E-state index is 0.0257. The van der Waals surface area contributed by atoms with Crippen LogP contribution in [0.2, 0.25) is 0 Å². The predicted octanol–water partition coefficient (Wildman–Crippen LogP) is 1.04. The van der Waals surface area contributed by atoms with Crippen LogP contribution in [0.5, 0.6) is 0 Å². The van der Waals surface area contributed by atoms with Crippen molar-refractivity contribution in [1.29, 1.82) is 0 Å². The Bertz CT molecular complexity index is 455. The summed E-state index contributed by atoms with van der Waals surface area (Å²) in [4.78, 5) is 15.5. The summed E-state index contributed by atoms with van der Waals surface area (Å²) in [6.07, 6.45) is 2.04. The van der Waals surface area contributed by atoms with E-state index in [1.54, 1.807) is 19.0 Å². The maximum Gasteiger partial charge on any atom is 0.319 e. The van der Waals surface area contributed by atoms with Crippen molar-refractivity contribution in [1.82, 2.24) is 19.6 Å². The third-order valence-corrected chi connectivity index (χ3v) is 3.34. The highest BCUT2D eigenvalue weighted by atomic mass is 16.5. The zero-order valence-corrected chi connectivity index (χ0v) is 12.1. The first-order valence-electron chi connectivity index (χ1n) is 6.59. The summed E-state index contributed by atoms with van der Waals surface area (Å²) >= 11 is 0. The van der Waals surface area contributed by atoms with Crippen molar-refractivity contribution in [2.45, 2.75) is 19.4 Å². The lowest BCUT2D eigenvalue weighted by atomic mass is 9.96. The fourth-order valence-electron chi connectivity index (χ4n) is 2.46. The van der Waals surface area contributed by atoms with Crippen LogP contribution in [0.15, 0.2) is 6.20 Å². The van der Waals surface area contributed by atoms with Crippen molar-refractivity contribution in [3.8, 4) is 0 Å². The second-order valence-electron chi connectivity index (χ2n) is 5.12. The maximum atomic E-state index is 12.1. The van der Waals surface area contributed by atoms with Crippen LogP contribution >= 0.6 is 0 Å². The van der Waals surface area contributed by atoms with Gasteiger partial charge in [0.05, 0.1) is 18.8 Å². The van der Waals surface area contributed by atoms with Crippen LogP contribution in [0.4, 0.5) is 4.79 Å². The second-order valence-corrected chi connectivity index (χ2v) is 5.12. The third kappa shape index (κ3) is 2.89. The maximum absolute atomic E-state index is 12.1. The molecule has 0 N–H and O–H groups in total. The van der Waals surface area contributed by atoms with E-state index in [1.165, 1.54) is 5.56 Å². The van der Waals surface area contributed by atoms with E-state index in [2.05, 4.69) is 5.10 Å². The smallest absolute Gasteiger partial charge is 0.319 e. The van der Waals surface area contributed by atoms with Crippen LogP contribution in [-0.2, 0) is 18.3 Å². The Kier molecular flexibility index (Phi) is 4.09. The highest BCUT2D eigenvalue weighted by Crippen LogP contribution is 2.28. The van der Waals surface area contributed by atoms with Crippen LogP contribution < -0.4 is 0 Å². The number of aromatic nitrogens is 2. The lowest BCUT2D eigenvalue weighted by Crippen LogP contribution is -2.44. The molecule has 19 heavy (non-hydrogen) atoms. The first kappa shape index (κ1) is 13.9. The van der Waals surface area contributed by atoms with Gasteiger partial charge in [0.1, 0.15) is 0 Å². The Labute approximate surface area is 113 Å². The number of nitrogens with zero attached hydrogens (tertiary/aromatic N) is 4. The SMILES string of the molecule is CCOC[C@@H]1CN(C(=O)N(C)C)Cc2nn(C)cc21. The molecular formula is C13H22N4O2. The third-order valence-electron chi connectivity index (χ3n) is 3.34. The first-order chi connectivity index (χ1) is 9.02. The van der Waals surface area contributed by atoms with Gasteiger partial charge in [-0.05, 0) is 6.92 Å². The van der Waals surface area contributed by atoms with E-state index < -0.39 is 0 Å². The van der Waals surface area contributed by atoms with E-state index >= 15 is 0 Å². The van der Waals surface area contributed by atoms with Crippen LogP contribution in [0.3, 0.4) is 0 Å². The Morgan fingerprint density at radius 1 is 1.58 bits per heavy atom. The van der Waals surface area contributed by atoms with Crippen molar-refractivity contribution < 1.29 is 9.53 Å². The topological polar surface area (TPSA) is 50.6 Å². The van der Waals surface area contributed by atoms with Gasteiger partial charge in [0.15, 0.2) is 0 Å². The van der Waals surface area contributed by atoms with Gasteiger partial charge in [0, 0.05) is 52.0 Å². The van der Waals surface area contributed by atoms with Crippen molar-refractivity contribution in [2.75, 3.05) is 33.9 Å². The minimum Gasteiger partial charge on any atom is -0.381 e. The quantitative estimate of drug-likeness (QED) is 0.821. The van der Waals surface area contributed by atoms with Crippen LogP contribution in [0.1, 0.15) is 24.1 Å². The highest BCUT2D eigenvalue weighted by Gasteiger charge is 2.31. The first-order valence-corrected chi connectivity index (χ1v) is 6.59. The van der Waals surface area contributed by atoms with E-state index in [9.17, 15) is 4.79 Å². The largest absolute Gasteiger partial charge is 0.381 e. The average molecular weight is 266 g/mol. The molecule has 2 rings (SSSR count). The van der Waals surface area contributed by atoms with E-state index in [4.69, 9.17) is 4.74 Å². The molecule has 1 aliphatic rings. The Morgan fingerprint density at radius 2 is 2.32 bits per heavy atom. The van der Waals surface area contributed by atoms with Gasteiger partial charge in [-0.1, -0.05) is 0 Å². The molecule has 1 aliphatic heterocycles. The van der Waals surface area contributed by atoms with Gasteiger partial charge < -0.3 is 14.5 Å². The summed E-state index contributed by atoms with van der Waals surface area (Å²) in [6, 6.07) is 0.0257. The highest BCUT2D eigenvalue weighted by molar-refractivity contribution is 5.74. The Balaban J connectivity index is 2.21. The fraction of sp³-hybridized carbons (Fsp3) is 0.692. The molecule has 0 spiro atoms. The molecule has 106 valence electrons. The number of hydrogen-bond acceptors (Lipinski definition) is 3. The summed E-state index contributed by atoms with van der Waals surface area (Å²) in [5.41, 5.74) is 2.19. The molecule has 0 aromatic carbocycles. The van der Waals surface area contributed by atoms with Crippen LogP contribution in [-0.4, -0.2) is 59.5 Å². The molecule has 2 amide bonds. The van der Waals surface area contributed by atoms with Crippen LogP contribution in [0.25, 0.3) is 0 Å². The molecule has 6 nitrogen and oxygen atoms in total. The predicted molar refractivity (Wildman–Crippen MR) is 71.9 cm³/mol. The van der Waals surface area contributed by atoms with Gasteiger partial charge in [-0.2, -0.15) is 5.10 Å². The number of carbonyl (C=O) groups is 1. The number of fused-ring (bicyclic) bond motifs is 1. The number of hydrogen-bond donors (Lipinski definition) is 0. The van der Waals surface area contributed by atoms with Crippen molar-refractivity contribution >= 4 is 6.03 Å². The molecule has 1 aromatic heterocycles. The standard InChI is InChI=1S/C13H22N4O2/c1-5-19-9-10-6-17(13(18)15(2)3)8-12-11(10)7-16(4)14-12/h7,10H,5-6,8-9H2,1-4H3/t10-/m0/s1. The van der Waals surface area contributed by atoms with Gasteiger partial charge in [-0.15, -0.1) is 0 Å². The molecule has 1 atom stereocenters. The average Bonchev–Trinajstić information content (AvgIpc) is 2.74. The van der Waals surface area contributed by atoms with Gasteiger partial charge in [0.25, 0.3) is 0 Å². The van der Waals surface area contributed by atoms with Gasteiger partial charge >= 0.3 is 6.03 Å². The van der Waals surface area contributed by atoms with E-state index in [0.29, 0.717) is 26.3 Å². The number of ether oxygens (including phenoxy) is 1. The summed E-state index contributed by atoms with van der Waals surface area (Å²) in [6.45, 7) is 4.57. The zero-order chi connectivity index (χ0) is 14.0. The Hall–Kier alpha value is -1.56. The molecule has 0 unspecified atom stereocenters. The molecular weight excluding hydrogens is 244 g/mol. The monoisotopic (exact) mass is 266 g/mol. The number of rotatable bonds is 3. The van der Waals surface area contributed by atoms with E-state index in [-0.39, 0.29) is 11.9 Å².